The van der Waals surface area contributed by atoms with Crippen molar-refractivity contribution in [1.29, 1.82) is 0 Å². The van der Waals surface area contributed by atoms with E-state index in [1.54, 1.807) is 23.5 Å². The Kier molecular flexibility index (Phi) is 6.87. The molecular formula is C24H22N4O6S4. The zero-order chi connectivity index (χ0) is 27.1. The highest BCUT2D eigenvalue weighted by Crippen LogP contribution is 2.50. The largest absolute Gasteiger partial charge is 0.357 e. The Morgan fingerprint density at radius 1 is 1.03 bits per heavy atom. The number of nitrogens with one attached hydrogen (secondary N) is 2. The minimum atomic E-state index is -4.41. The fourth-order valence-electron chi connectivity index (χ4n) is 4.18. The van der Waals surface area contributed by atoms with Crippen molar-refractivity contribution in [3.63, 3.8) is 0 Å². The summed E-state index contributed by atoms with van der Waals surface area (Å²) in [7, 11) is -8.31. The van der Waals surface area contributed by atoms with Crippen molar-refractivity contribution in [2.75, 3.05) is 16.6 Å². The van der Waals surface area contributed by atoms with Crippen LogP contribution in [0.4, 0.5) is 11.4 Å². The summed E-state index contributed by atoms with van der Waals surface area (Å²) >= 11 is 2.99. The van der Waals surface area contributed by atoms with Crippen molar-refractivity contribution >= 4 is 60.3 Å². The lowest BCUT2D eigenvalue weighted by Gasteiger charge is -2.17. The zero-order valence-corrected chi connectivity index (χ0v) is 23.1. The average molecular weight is 591 g/mol. The van der Waals surface area contributed by atoms with E-state index in [2.05, 4.69) is 5.32 Å². The molecule has 1 amide bonds. The van der Waals surface area contributed by atoms with Crippen LogP contribution in [0.25, 0.3) is 9.88 Å². The van der Waals surface area contributed by atoms with E-state index < -0.39 is 25.9 Å². The molecule has 0 spiro atoms. The normalized spacial score (nSPS) is 19.2. The van der Waals surface area contributed by atoms with Gasteiger partial charge < -0.3 is 5.32 Å². The zero-order valence-electron chi connectivity index (χ0n) is 19.9. The number of hydrogen-bond acceptors (Lipinski definition) is 8. The number of thiophene rings is 1. The number of thiazole rings is 1. The molecule has 10 nitrogen and oxygen atoms in total. The molecule has 3 N–H and O–H groups in total. The number of benzene rings is 2. The maximum Gasteiger partial charge on any atom is 0.357 e. The monoisotopic (exact) mass is 590 g/mol. The number of amides is 1. The van der Waals surface area contributed by atoms with E-state index in [9.17, 15) is 21.6 Å². The van der Waals surface area contributed by atoms with Crippen LogP contribution in [0.15, 0.2) is 76.3 Å². The summed E-state index contributed by atoms with van der Waals surface area (Å²) < 4.78 is 62.0. The lowest BCUT2D eigenvalue weighted by atomic mass is 9.96. The second-order valence-electron chi connectivity index (χ2n) is 8.71. The number of anilines is 2. The molecule has 1 aliphatic heterocycles. The van der Waals surface area contributed by atoms with Gasteiger partial charge in [0.05, 0.1) is 26.7 Å². The Hall–Kier alpha value is -3.14. The van der Waals surface area contributed by atoms with Gasteiger partial charge in [-0.3, -0.25) is 14.1 Å². The summed E-state index contributed by atoms with van der Waals surface area (Å²) in [6.45, 7) is 1.58. The second-order valence-corrected chi connectivity index (χ2v) is 13.5. The van der Waals surface area contributed by atoms with Gasteiger partial charge in [0, 0.05) is 24.5 Å². The minimum absolute atomic E-state index is 0.0925. The quantitative estimate of drug-likeness (QED) is 0.196. The molecule has 1 aliphatic rings. The molecule has 1 saturated heterocycles. The van der Waals surface area contributed by atoms with Gasteiger partial charge in [0.2, 0.25) is 15.9 Å². The molecule has 0 bridgehead atoms. The van der Waals surface area contributed by atoms with Gasteiger partial charge in [0.1, 0.15) is 5.01 Å². The Morgan fingerprint density at radius 3 is 2.32 bits per heavy atom. The van der Waals surface area contributed by atoms with Crippen molar-refractivity contribution < 1.29 is 26.2 Å². The van der Waals surface area contributed by atoms with Crippen LogP contribution < -0.4 is 10.0 Å². The van der Waals surface area contributed by atoms with Gasteiger partial charge in [0.15, 0.2) is 0 Å². The van der Waals surface area contributed by atoms with Crippen LogP contribution >= 0.6 is 22.7 Å². The molecular weight excluding hydrogens is 569 g/mol. The third kappa shape index (κ3) is 5.50. The predicted octanol–water partition coefficient (Wildman–Crippen LogP) is 4.19. The van der Waals surface area contributed by atoms with Gasteiger partial charge in [0.25, 0.3) is 0 Å². The highest BCUT2D eigenvalue weighted by Gasteiger charge is 2.61. The number of sulfonamides is 1. The third-order valence-corrected chi connectivity index (χ3v) is 10.3. The fraction of sp³-hybridized carbons (Fsp3) is 0.167. The lowest BCUT2D eigenvalue weighted by molar-refractivity contribution is -0.114. The van der Waals surface area contributed by atoms with Crippen molar-refractivity contribution in [3.8, 4) is 9.88 Å². The molecule has 2 atom stereocenters. The smallest absolute Gasteiger partial charge is 0.326 e. The second kappa shape index (κ2) is 9.87. The van der Waals surface area contributed by atoms with Crippen molar-refractivity contribution in [1.82, 2.24) is 9.29 Å². The highest BCUT2D eigenvalue weighted by atomic mass is 32.2. The first-order valence-electron chi connectivity index (χ1n) is 11.2. The van der Waals surface area contributed by atoms with Crippen LogP contribution in [0.1, 0.15) is 18.2 Å². The van der Waals surface area contributed by atoms with Gasteiger partial charge in [-0.05, 0) is 59.8 Å². The van der Waals surface area contributed by atoms with E-state index in [1.165, 1.54) is 59.0 Å². The van der Waals surface area contributed by atoms with Gasteiger partial charge in [-0.15, -0.1) is 22.7 Å². The third-order valence-electron chi connectivity index (χ3n) is 5.95. The van der Waals surface area contributed by atoms with Crippen LogP contribution in [0.5, 0.6) is 0 Å². The van der Waals surface area contributed by atoms with Gasteiger partial charge in [-0.1, -0.05) is 18.2 Å². The van der Waals surface area contributed by atoms with Crippen LogP contribution in [-0.2, 0) is 37.1 Å². The summed E-state index contributed by atoms with van der Waals surface area (Å²) in [4.78, 5) is 17.2. The molecule has 3 heterocycles. The van der Waals surface area contributed by atoms with Gasteiger partial charge >= 0.3 is 10.3 Å². The van der Waals surface area contributed by atoms with Crippen LogP contribution in [-0.4, -0.2) is 43.1 Å². The summed E-state index contributed by atoms with van der Waals surface area (Å²) in [5.74, 6) is -0.256. The molecule has 1 fully saturated rings. The first-order valence-corrected chi connectivity index (χ1v) is 15.8. The molecule has 0 aliphatic carbocycles. The SMILES string of the molecule is CC(=O)Nc1ccc(S(=O)(=O)N2CC2(Cc2ccc(NS(=O)(=O)O)cc2)c2csc(-c3cccs3)n2)cc1. The van der Waals surface area contributed by atoms with E-state index in [0.717, 1.165) is 15.4 Å². The van der Waals surface area contributed by atoms with Gasteiger partial charge in [-0.25, -0.2) is 13.4 Å². The van der Waals surface area contributed by atoms with E-state index in [4.69, 9.17) is 9.54 Å². The highest BCUT2D eigenvalue weighted by molar-refractivity contribution is 7.89. The fourth-order valence-corrected chi connectivity index (χ4v) is 8.08. The molecule has 198 valence electrons. The number of aromatic nitrogens is 1. The molecule has 5 rings (SSSR count). The molecule has 2 aromatic heterocycles. The minimum Gasteiger partial charge on any atom is -0.326 e. The summed E-state index contributed by atoms with van der Waals surface area (Å²) in [5.41, 5.74) is 1.13. The van der Waals surface area contributed by atoms with Gasteiger partial charge in [-0.2, -0.15) is 12.7 Å². The maximum atomic E-state index is 13.7. The number of carbonyl (C=O) groups excluding carboxylic acids is 1. The predicted molar refractivity (Wildman–Crippen MR) is 147 cm³/mol. The van der Waals surface area contributed by atoms with Crippen molar-refractivity contribution in [2.45, 2.75) is 23.8 Å². The van der Waals surface area contributed by atoms with E-state index in [-0.39, 0.29) is 23.0 Å². The van der Waals surface area contributed by atoms with Crippen molar-refractivity contribution in [3.05, 3.63) is 82.7 Å². The molecule has 0 radical (unpaired) electrons. The van der Waals surface area contributed by atoms with E-state index in [1.807, 2.05) is 27.6 Å². The van der Waals surface area contributed by atoms with E-state index >= 15 is 0 Å². The first kappa shape index (κ1) is 26.5. The number of rotatable bonds is 9. The van der Waals surface area contributed by atoms with Crippen LogP contribution in [0, 0.1) is 0 Å². The Morgan fingerprint density at radius 2 is 1.71 bits per heavy atom. The molecule has 2 aromatic carbocycles. The molecule has 38 heavy (non-hydrogen) atoms. The van der Waals surface area contributed by atoms with E-state index in [0.29, 0.717) is 17.8 Å². The Balaban J connectivity index is 1.48. The Bertz CT molecular complexity index is 1680. The maximum absolute atomic E-state index is 13.7. The van der Waals surface area contributed by atoms with Crippen molar-refractivity contribution in [2.24, 2.45) is 0 Å². The average Bonchev–Trinajstić information content (AvgIpc) is 3.19. The summed E-state index contributed by atoms with van der Waals surface area (Å²) in [6, 6.07) is 16.2. The summed E-state index contributed by atoms with van der Waals surface area (Å²) in [6.07, 6.45) is 0.302. The topological polar surface area (TPSA) is 146 Å². The number of nitrogens with zero attached hydrogens (tertiary/aromatic N) is 2. The molecule has 14 heteroatoms. The molecule has 4 aromatic rings. The molecule has 0 saturated carbocycles. The van der Waals surface area contributed by atoms with Crippen LogP contribution in [0.3, 0.4) is 0 Å². The van der Waals surface area contributed by atoms with Crippen LogP contribution in [0.2, 0.25) is 0 Å². The molecule has 2 unspecified atom stereocenters. The standard InChI is InChI=1S/C24H22N4O6S4/c1-16(29)25-18-8-10-20(11-9-18)37(30,31)28-15-24(28,22-14-36-23(26-22)21-3-2-12-35-21)13-17-4-6-19(7-5-17)27-38(32,33)34/h2-12,14,27H,13,15H2,1H3,(H,25,29)(H,32,33,34). The first-order chi connectivity index (χ1) is 18.0. The lowest BCUT2D eigenvalue weighted by Crippen LogP contribution is -2.25. The Labute approximate surface area is 227 Å². The number of hydrogen-bond donors (Lipinski definition) is 3. The summed E-state index contributed by atoms with van der Waals surface area (Å²) in [5, 5.41) is 7.25. The number of carbonyl (C=O) groups is 1.